The minimum absolute atomic E-state index is 0.448. The number of hydrogen-bond donors (Lipinski definition) is 1. The maximum atomic E-state index is 4.68. The van der Waals surface area contributed by atoms with Gasteiger partial charge in [0.2, 0.25) is 0 Å². The van der Waals surface area contributed by atoms with Gasteiger partial charge in [0.15, 0.2) is 8.96 Å². The highest BCUT2D eigenvalue weighted by atomic mass is 31.1. The smallest absolute Gasteiger partial charge is 0.173 e. The molecule has 0 spiro atoms. The lowest BCUT2D eigenvalue weighted by Gasteiger charge is -1.80. The summed E-state index contributed by atoms with van der Waals surface area (Å²) < 4.78 is 4.68. The van der Waals surface area contributed by atoms with E-state index < -0.39 is 0 Å². The van der Waals surface area contributed by atoms with Crippen LogP contribution in [0.5, 0.6) is 0 Å². The molecule has 5 heavy (non-hydrogen) atoms. The second-order valence-electron chi connectivity index (χ2n) is 0.667. The van der Waals surface area contributed by atoms with Crippen molar-refractivity contribution in [3.63, 3.8) is 0 Å². The Morgan fingerprint density at radius 3 is 3.00 bits per heavy atom. The second kappa shape index (κ2) is 1.27. The first-order chi connectivity index (χ1) is 2.50. The van der Waals surface area contributed by atoms with Crippen LogP contribution in [0.2, 0.25) is 0 Å². The third kappa shape index (κ3) is 0.519. The Labute approximate surface area is 32.1 Å². The quantitative estimate of drug-likeness (QED) is 0.438. The van der Waals surface area contributed by atoms with Crippen LogP contribution in [0, 0.1) is 0 Å². The van der Waals surface area contributed by atoms with E-state index in [2.05, 4.69) is 9.61 Å². The maximum Gasteiger partial charge on any atom is 0.173 e. The fourth-order valence-electron chi connectivity index (χ4n) is 0.170. The van der Waals surface area contributed by atoms with E-state index in [0.29, 0.717) is 8.96 Å². The Bertz CT molecular complexity index is 47.6. The van der Waals surface area contributed by atoms with Crippen molar-refractivity contribution in [3.8, 4) is 0 Å². The Balaban J connectivity index is 2.32. The van der Waals surface area contributed by atoms with Crippen molar-refractivity contribution in [1.82, 2.24) is 5.09 Å². The van der Waals surface area contributed by atoms with E-state index in [-0.39, 0.29) is 0 Å². The van der Waals surface area contributed by atoms with Gasteiger partial charge in [-0.3, -0.25) is 0 Å². The summed E-state index contributed by atoms with van der Waals surface area (Å²) in [5, 5.41) is 2.85. The average molecular weight is 89.0 g/mol. The van der Waals surface area contributed by atoms with E-state index >= 15 is 0 Å². The number of hydrogen-bond acceptors (Lipinski definition) is 2. The van der Waals surface area contributed by atoms with Crippen molar-refractivity contribution in [2.75, 3.05) is 0 Å². The van der Waals surface area contributed by atoms with Crippen LogP contribution >= 0.6 is 8.96 Å². The number of rotatable bonds is 0. The molecule has 1 heterocycles. The Morgan fingerprint density at radius 1 is 1.80 bits per heavy atom. The molecule has 0 saturated carbocycles. The van der Waals surface area contributed by atoms with E-state index in [0.717, 1.165) is 0 Å². The summed E-state index contributed by atoms with van der Waals surface area (Å²) in [5.41, 5.74) is 0. The second-order valence-corrected chi connectivity index (χ2v) is 1.40. The summed E-state index contributed by atoms with van der Waals surface area (Å²) in [6.07, 6.45) is 3.41. The molecular formula is C2H4NOP. The molecule has 1 atom stereocenters. The molecule has 0 radical (unpaired) electrons. The first-order valence-electron chi connectivity index (χ1n) is 1.31. The molecule has 0 amide bonds. The zero-order valence-electron chi connectivity index (χ0n) is 2.56. The van der Waals surface area contributed by atoms with Gasteiger partial charge >= 0.3 is 0 Å². The molecule has 0 aromatic rings. The molecule has 0 aromatic carbocycles. The zero-order chi connectivity index (χ0) is 3.54. The normalized spacial score (nSPS) is 22.4. The summed E-state index contributed by atoms with van der Waals surface area (Å²) in [4.78, 5) is 0. The summed E-state index contributed by atoms with van der Waals surface area (Å²) in [5.74, 6) is 0. The third-order valence-corrected chi connectivity index (χ3v) is 0.876. The van der Waals surface area contributed by atoms with Crippen LogP contribution in [0.15, 0.2) is 12.5 Å². The van der Waals surface area contributed by atoms with Gasteiger partial charge in [0.25, 0.3) is 0 Å². The lowest BCUT2D eigenvalue weighted by Crippen LogP contribution is -1.74. The molecule has 0 aromatic heterocycles. The van der Waals surface area contributed by atoms with Crippen molar-refractivity contribution >= 4 is 8.96 Å². The maximum absolute atomic E-state index is 4.68. The lowest BCUT2D eigenvalue weighted by molar-refractivity contribution is 0.564. The molecule has 28 valence electrons. The largest absolute Gasteiger partial charge is 0.462 e. The third-order valence-electron chi connectivity index (χ3n) is 0.337. The molecule has 2 nitrogen and oxygen atoms in total. The number of nitrogens with one attached hydrogen (secondary N) is 1. The zero-order valence-corrected chi connectivity index (χ0v) is 3.56. The van der Waals surface area contributed by atoms with Gasteiger partial charge in [-0.25, -0.2) is 0 Å². The van der Waals surface area contributed by atoms with E-state index in [1.807, 2.05) is 0 Å². The lowest BCUT2D eigenvalue weighted by atomic mass is 11.0. The van der Waals surface area contributed by atoms with Crippen LogP contribution < -0.4 is 5.09 Å². The van der Waals surface area contributed by atoms with Gasteiger partial charge in [0.05, 0.1) is 0 Å². The van der Waals surface area contributed by atoms with Gasteiger partial charge in [-0.15, -0.1) is 0 Å². The van der Waals surface area contributed by atoms with Crippen LogP contribution in [0.3, 0.4) is 0 Å². The minimum atomic E-state index is 0.448. The first kappa shape index (κ1) is 2.98. The highest BCUT2D eigenvalue weighted by Crippen LogP contribution is 2.10. The highest BCUT2D eigenvalue weighted by Gasteiger charge is 1.81. The minimum Gasteiger partial charge on any atom is -0.462 e. The Morgan fingerprint density at radius 2 is 2.80 bits per heavy atom. The van der Waals surface area contributed by atoms with Gasteiger partial charge in [-0.05, 0) is 0 Å². The highest BCUT2D eigenvalue weighted by molar-refractivity contribution is 7.30. The molecule has 0 bridgehead atoms. The molecule has 0 aliphatic carbocycles. The summed E-state index contributed by atoms with van der Waals surface area (Å²) >= 11 is 0. The SMILES string of the molecule is C1=COPN1. The van der Waals surface area contributed by atoms with E-state index in [9.17, 15) is 0 Å². The molecular weight excluding hydrogens is 85.0 g/mol. The first-order valence-corrected chi connectivity index (χ1v) is 2.22. The molecule has 1 unspecified atom stereocenters. The molecule has 1 N–H and O–H groups in total. The van der Waals surface area contributed by atoms with Crippen LogP contribution in [0.1, 0.15) is 0 Å². The molecule has 1 rings (SSSR count). The predicted molar refractivity (Wildman–Crippen MR) is 21.7 cm³/mol. The van der Waals surface area contributed by atoms with Crippen molar-refractivity contribution in [1.29, 1.82) is 0 Å². The van der Waals surface area contributed by atoms with Crippen LogP contribution in [-0.4, -0.2) is 0 Å². The Kier molecular flexibility index (Phi) is 0.758. The van der Waals surface area contributed by atoms with Crippen LogP contribution in [0.25, 0.3) is 0 Å². The fourth-order valence-corrected chi connectivity index (χ4v) is 0.510. The molecule has 3 heteroatoms. The van der Waals surface area contributed by atoms with E-state index in [1.54, 1.807) is 12.5 Å². The molecule has 1 aliphatic rings. The van der Waals surface area contributed by atoms with Crippen molar-refractivity contribution in [2.45, 2.75) is 0 Å². The molecule has 0 saturated heterocycles. The summed E-state index contributed by atoms with van der Waals surface area (Å²) in [6, 6.07) is 0. The monoisotopic (exact) mass is 89.0 g/mol. The van der Waals surface area contributed by atoms with Gasteiger partial charge in [-0.1, -0.05) is 0 Å². The van der Waals surface area contributed by atoms with Crippen molar-refractivity contribution < 1.29 is 4.52 Å². The summed E-state index contributed by atoms with van der Waals surface area (Å²) in [7, 11) is 0.448. The molecule has 1 aliphatic heterocycles. The van der Waals surface area contributed by atoms with Gasteiger partial charge < -0.3 is 9.61 Å². The summed E-state index contributed by atoms with van der Waals surface area (Å²) in [6.45, 7) is 0. The van der Waals surface area contributed by atoms with Crippen molar-refractivity contribution in [3.05, 3.63) is 12.5 Å². The van der Waals surface area contributed by atoms with E-state index in [4.69, 9.17) is 0 Å². The van der Waals surface area contributed by atoms with Crippen LogP contribution in [0.4, 0.5) is 0 Å². The van der Waals surface area contributed by atoms with Gasteiger partial charge in [0.1, 0.15) is 6.26 Å². The Hall–Kier alpha value is -0.230. The molecule has 0 fully saturated rings. The van der Waals surface area contributed by atoms with Crippen molar-refractivity contribution in [2.24, 2.45) is 0 Å². The van der Waals surface area contributed by atoms with Crippen LogP contribution in [-0.2, 0) is 4.52 Å². The van der Waals surface area contributed by atoms with Gasteiger partial charge in [-0.2, -0.15) is 0 Å². The average Bonchev–Trinajstić information content (AvgIpc) is 1.76. The van der Waals surface area contributed by atoms with E-state index in [1.165, 1.54) is 0 Å². The topological polar surface area (TPSA) is 21.3 Å². The predicted octanol–water partition coefficient (Wildman–Crippen LogP) is 0.586. The van der Waals surface area contributed by atoms with Gasteiger partial charge in [0, 0.05) is 6.20 Å². The fraction of sp³-hybridized carbons (Fsp3) is 0. The standard InChI is InChI=1S/C2H4NOP/c1-2-4-5-3-1/h1-3,5H.